The number of ether oxygens (including phenoxy) is 2. The minimum absolute atomic E-state index is 0.0528. The predicted octanol–water partition coefficient (Wildman–Crippen LogP) is 0.957. The van der Waals surface area contributed by atoms with Crippen molar-refractivity contribution in [1.82, 2.24) is 20.2 Å². The first-order valence-corrected chi connectivity index (χ1v) is 14.5. The Morgan fingerprint density at radius 1 is 1.27 bits per heavy atom. The molecule has 3 amide bonds. The lowest BCUT2D eigenvalue weighted by Gasteiger charge is -2.49. The molecule has 2 aromatic heterocycles. The maximum absolute atomic E-state index is 13.2. The number of methoxy groups -OCH3 is 1. The normalized spacial score (nSPS) is 21.1. The van der Waals surface area contributed by atoms with Gasteiger partial charge in [-0.2, -0.15) is 13.2 Å². The van der Waals surface area contributed by atoms with Gasteiger partial charge < -0.3 is 30.6 Å². The van der Waals surface area contributed by atoms with E-state index in [1.54, 1.807) is 12.1 Å². The average Bonchev–Trinajstić information content (AvgIpc) is 3.60. The van der Waals surface area contributed by atoms with Crippen molar-refractivity contribution < 1.29 is 51.8 Å². The molecule has 0 aromatic carbocycles. The zero-order valence-corrected chi connectivity index (χ0v) is 24.4. The summed E-state index contributed by atoms with van der Waals surface area (Å²) in [4.78, 5) is 73.8. The van der Waals surface area contributed by atoms with Gasteiger partial charge in [0.05, 0.1) is 19.0 Å². The number of pyridine rings is 1. The van der Waals surface area contributed by atoms with E-state index >= 15 is 0 Å². The van der Waals surface area contributed by atoms with Crippen LogP contribution in [0.2, 0.25) is 0 Å². The Morgan fingerprint density at radius 2 is 2.02 bits per heavy atom. The molecule has 2 aromatic rings. The number of nitrogens with zero attached hydrogens (tertiary/aromatic N) is 5. The second kappa shape index (κ2) is 12.2. The number of nitrogens with one attached hydrogen (secondary N) is 1. The van der Waals surface area contributed by atoms with E-state index < -0.39 is 58.7 Å². The van der Waals surface area contributed by atoms with Crippen LogP contribution in [0, 0.1) is 0 Å². The first-order valence-electron chi connectivity index (χ1n) is 12.6. The lowest BCUT2D eigenvalue weighted by Crippen LogP contribution is -2.71. The number of carbonyl (C=O) groups excluding carboxylic acids is 5. The van der Waals surface area contributed by atoms with Crippen molar-refractivity contribution in [2.24, 2.45) is 5.16 Å². The second-order valence-electron chi connectivity index (χ2n) is 9.36. The Kier molecular flexibility index (Phi) is 8.52. The summed E-state index contributed by atoms with van der Waals surface area (Å²) in [5.41, 5.74) is 4.75. The van der Waals surface area contributed by atoms with Gasteiger partial charge in [-0.25, -0.2) is 19.6 Å². The van der Waals surface area contributed by atoms with Crippen LogP contribution in [0.3, 0.4) is 0 Å². The topological polar surface area (TPSA) is 207 Å². The third-order valence-corrected chi connectivity index (χ3v) is 8.66. The fourth-order valence-electron chi connectivity index (χ4n) is 4.61. The first-order chi connectivity index (χ1) is 21.3. The maximum atomic E-state index is 13.2. The third-order valence-electron chi connectivity index (χ3n) is 6.69. The monoisotopic (exact) mass is 667 g/mol. The molecule has 45 heavy (non-hydrogen) atoms. The van der Waals surface area contributed by atoms with Crippen molar-refractivity contribution >= 4 is 69.3 Å². The number of rotatable bonds is 7. The highest BCUT2D eigenvalue weighted by molar-refractivity contribution is 8.00. The molecule has 20 heteroatoms. The van der Waals surface area contributed by atoms with Crippen molar-refractivity contribution in [3.63, 3.8) is 0 Å². The van der Waals surface area contributed by atoms with Crippen LogP contribution in [-0.2, 0) is 28.7 Å². The van der Waals surface area contributed by atoms with Gasteiger partial charge in [-0.15, -0.1) is 23.1 Å². The number of hydrogen-bond acceptors (Lipinski definition) is 14. The molecule has 0 spiro atoms. The van der Waals surface area contributed by atoms with Crippen LogP contribution in [0.15, 0.2) is 51.8 Å². The molecule has 2 fully saturated rings. The van der Waals surface area contributed by atoms with Crippen LogP contribution >= 0.6 is 23.1 Å². The Balaban J connectivity index is 1.42. The van der Waals surface area contributed by atoms with Gasteiger partial charge in [0.15, 0.2) is 10.8 Å². The molecule has 4 N–H and O–H groups in total. The van der Waals surface area contributed by atoms with Crippen LogP contribution < -0.4 is 20.7 Å². The van der Waals surface area contributed by atoms with E-state index in [1.807, 2.05) is 0 Å². The van der Waals surface area contributed by atoms with E-state index in [0.717, 1.165) is 28.0 Å². The molecule has 5 heterocycles. The number of aromatic nitrogens is 2. The van der Waals surface area contributed by atoms with E-state index in [0.29, 0.717) is 11.6 Å². The molecule has 15 nitrogen and oxygen atoms in total. The van der Waals surface area contributed by atoms with Gasteiger partial charge in [0, 0.05) is 29.3 Å². The lowest BCUT2D eigenvalue weighted by molar-refractivity contribution is -0.201. The number of β-lactam (4-membered cyclic amide) rings is 1. The van der Waals surface area contributed by atoms with Crippen molar-refractivity contribution in [2.75, 3.05) is 30.0 Å². The minimum Gasteiger partial charge on any atom is -0.481 e. The molecule has 0 radical (unpaired) electrons. The first kappa shape index (κ1) is 31.4. The molecule has 2 atom stereocenters. The van der Waals surface area contributed by atoms with E-state index in [4.69, 9.17) is 10.5 Å². The fraction of sp³-hybridized carbons (Fsp3) is 0.280. The van der Waals surface area contributed by atoms with E-state index in [1.165, 1.54) is 29.7 Å². The van der Waals surface area contributed by atoms with Crippen molar-refractivity contribution in [1.29, 1.82) is 0 Å². The van der Waals surface area contributed by atoms with E-state index in [-0.39, 0.29) is 40.7 Å². The molecule has 236 valence electrons. The summed E-state index contributed by atoms with van der Waals surface area (Å²) in [6.45, 7) is 0.212. The zero-order chi connectivity index (χ0) is 32.6. The number of carbonyl (C=O) groups is 5. The Hall–Kier alpha value is -4.98. The number of nitrogens with two attached hydrogens (primary N) is 1. The summed E-state index contributed by atoms with van der Waals surface area (Å²) in [6, 6.07) is 1.82. The number of nitrogen functional groups attached to an aromatic ring is 1. The largest absolute Gasteiger partial charge is 0.491 e. The van der Waals surface area contributed by atoms with Gasteiger partial charge in [-0.05, 0) is 24.1 Å². The highest BCUT2D eigenvalue weighted by atomic mass is 32.2. The van der Waals surface area contributed by atoms with Crippen molar-refractivity contribution in [3.05, 3.63) is 52.3 Å². The number of thioether (sulfide) groups is 1. The number of alkyl halides is 3. The molecule has 5 rings (SSSR count). The average molecular weight is 668 g/mol. The van der Waals surface area contributed by atoms with E-state index in [2.05, 4.69) is 25.2 Å². The van der Waals surface area contributed by atoms with Crippen LogP contribution in [-0.4, -0.2) is 92.4 Å². The number of fused-ring (bicyclic) bond motifs is 1. The molecule has 0 aliphatic carbocycles. The molecule has 0 unspecified atom stereocenters. The predicted molar refractivity (Wildman–Crippen MR) is 150 cm³/mol. The maximum Gasteiger partial charge on any atom is 0.491 e. The molecule has 2 saturated heterocycles. The number of thiazole rings is 1. The minimum atomic E-state index is -5.51. The summed E-state index contributed by atoms with van der Waals surface area (Å²) in [7, 11) is 1.42. The highest BCUT2D eigenvalue weighted by Crippen LogP contribution is 2.42. The standard InChI is InChI=1S/C25H20F3N7O8S2/c1-42-14-3-2-12(7-30-14)34-5-4-10(19(34)37)6-11-8-44-21-16(32-18(36)15(33-41)13-9-45-24(29)31-13)20(38)35(21)17(11)22(39)43-23(40)25(26,27)28/h2-3,6-7,9,16,21,41H,4-5,8H2,1H3,(H2,29,31)(H,32,36)/b10-6?,33-15-/t16-,21-/m1/s1. The Labute approximate surface area is 258 Å². The molecule has 3 aliphatic heterocycles. The van der Waals surface area contributed by atoms with Crippen LogP contribution in [0.1, 0.15) is 12.1 Å². The van der Waals surface area contributed by atoms with Crippen LogP contribution in [0.4, 0.5) is 24.0 Å². The molecular weight excluding hydrogens is 647 g/mol. The number of halogens is 3. The Morgan fingerprint density at radius 3 is 2.62 bits per heavy atom. The fourth-order valence-corrected chi connectivity index (χ4v) is 6.46. The quantitative estimate of drug-likeness (QED) is 0.0718. The molecular formula is C25H20F3N7O8S2. The van der Waals surface area contributed by atoms with Gasteiger partial charge >= 0.3 is 18.1 Å². The number of allylic oxidation sites excluding steroid dienone is 1. The number of anilines is 2. The second-order valence-corrected chi connectivity index (χ2v) is 11.4. The zero-order valence-electron chi connectivity index (χ0n) is 22.7. The molecule has 0 saturated carbocycles. The summed E-state index contributed by atoms with van der Waals surface area (Å²) in [5, 5.41) is 15.0. The van der Waals surface area contributed by atoms with Gasteiger partial charge in [0.2, 0.25) is 5.88 Å². The van der Waals surface area contributed by atoms with Crippen molar-refractivity contribution in [3.8, 4) is 5.88 Å². The highest BCUT2D eigenvalue weighted by Gasteiger charge is 2.55. The van der Waals surface area contributed by atoms with Gasteiger partial charge in [0.25, 0.3) is 17.7 Å². The molecule has 0 bridgehead atoms. The lowest BCUT2D eigenvalue weighted by atomic mass is 10.0. The van der Waals surface area contributed by atoms with Crippen LogP contribution in [0.25, 0.3) is 0 Å². The number of amides is 3. The summed E-state index contributed by atoms with van der Waals surface area (Å²) in [6.07, 6.45) is -2.67. The van der Waals surface area contributed by atoms with E-state index in [9.17, 15) is 42.4 Å². The number of hydrogen-bond donors (Lipinski definition) is 3. The summed E-state index contributed by atoms with van der Waals surface area (Å²) < 4.78 is 47.9. The van der Waals surface area contributed by atoms with Crippen molar-refractivity contribution in [2.45, 2.75) is 24.0 Å². The SMILES string of the molecule is COc1ccc(N2CCC(=CC3=C(C(=O)OC(=O)C(F)(F)F)N4C(=O)[C@@H](NC(=O)/C(=N\O)c5csc(N)n5)[C@H]4SC3)C2=O)cn1. The Bertz CT molecular complexity index is 1690. The third kappa shape index (κ3) is 6.05. The summed E-state index contributed by atoms with van der Waals surface area (Å²) in [5.74, 6) is -6.85. The molecule has 3 aliphatic rings. The number of esters is 2. The summed E-state index contributed by atoms with van der Waals surface area (Å²) >= 11 is 1.97. The van der Waals surface area contributed by atoms with Gasteiger partial charge in [0.1, 0.15) is 22.8 Å². The van der Waals surface area contributed by atoms with Crippen LogP contribution in [0.5, 0.6) is 5.88 Å². The van der Waals surface area contributed by atoms with Gasteiger partial charge in [-0.3, -0.25) is 19.3 Å². The van der Waals surface area contributed by atoms with Gasteiger partial charge in [-0.1, -0.05) is 5.16 Å². The smallest absolute Gasteiger partial charge is 0.481 e. The number of oxime groups is 1.